The number of aryl methyl sites for hydroxylation is 1. The van der Waals surface area contributed by atoms with Crippen LogP contribution in [0.1, 0.15) is 73.9 Å². The SMILES string of the molecule is CC(=O)NC1(c2noc(CCC(=O)NNC(=O)c3ccc4c(c3)OCO4)n2)CCCCCC1. The number of carbonyl (C=O) groups excluding carboxylic acids is 3. The topological polar surface area (TPSA) is 145 Å². The largest absolute Gasteiger partial charge is 0.454 e. The highest BCUT2D eigenvalue weighted by Gasteiger charge is 2.38. The Morgan fingerprint density at radius 1 is 1.03 bits per heavy atom. The van der Waals surface area contributed by atoms with Gasteiger partial charge in [-0.15, -0.1) is 0 Å². The van der Waals surface area contributed by atoms with Crippen molar-refractivity contribution in [1.82, 2.24) is 26.3 Å². The van der Waals surface area contributed by atoms with Crippen LogP contribution < -0.4 is 25.6 Å². The maximum absolute atomic E-state index is 12.3. The molecule has 0 radical (unpaired) electrons. The van der Waals surface area contributed by atoms with Gasteiger partial charge in [0.15, 0.2) is 17.3 Å². The quantitative estimate of drug-likeness (QED) is 0.440. The Morgan fingerprint density at radius 2 is 1.79 bits per heavy atom. The highest BCUT2D eigenvalue weighted by Crippen LogP contribution is 2.35. The molecule has 11 heteroatoms. The minimum Gasteiger partial charge on any atom is -0.454 e. The van der Waals surface area contributed by atoms with E-state index < -0.39 is 17.4 Å². The van der Waals surface area contributed by atoms with E-state index in [9.17, 15) is 14.4 Å². The van der Waals surface area contributed by atoms with Crippen molar-refractivity contribution in [2.24, 2.45) is 0 Å². The number of rotatable bonds is 6. The molecule has 3 N–H and O–H groups in total. The van der Waals surface area contributed by atoms with E-state index in [-0.39, 0.29) is 25.5 Å². The summed E-state index contributed by atoms with van der Waals surface area (Å²) in [6.45, 7) is 1.59. The van der Waals surface area contributed by atoms with E-state index in [0.717, 1.165) is 38.5 Å². The fraction of sp³-hybridized carbons (Fsp3) is 0.500. The summed E-state index contributed by atoms with van der Waals surface area (Å²) in [5.41, 5.74) is 4.43. The lowest BCUT2D eigenvalue weighted by molar-refractivity contribution is -0.122. The lowest BCUT2D eigenvalue weighted by Gasteiger charge is -2.30. The van der Waals surface area contributed by atoms with Gasteiger partial charge in [0.2, 0.25) is 24.5 Å². The molecule has 0 atom stereocenters. The molecule has 2 aliphatic rings. The molecule has 176 valence electrons. The number of hydrazine groups is 1. The first kappa shape index (κ1) is 22.6. The first-order valence-electron chi connectivity index (χ1n) is 11.1. The van der Waals surface area contributed by atoms with Gasteiger partial charge in [-0.05, 0) is 31.0 Å². The standard InChI is InChI=1S/C22H27N5O6/c1-14(28)24-22(10-4-2-3-5-11-22)21-23-19(33-27-21)9-8-18(29)25-26-20(30)15-6-7-16-17(12-15)32-13-31-16/h6-7,12H,2-5,8-11,13H2,1H3,(H,24,28)(H,25,29)(H,26,30). The van der Waals surface area contributed by atoms with Crippen molar-refractivity contribution in [3.8, 4) is 11.5 Å². The Balaban J connectivity index is 1.30. The van der Waals surface area contributed by atoms with E-state index in [1.165, 1.54) is 6.92 Å². The maximum Gasteiger partial charge on any atom is 0.269 e. The van der Waals surface area contributed by atoms with Crippen LogP contribution in [0.2, 0.25) is 0 Å². The Kier molecular flexibility index (Phi) is 6.76. The fourth-order valence-electron chi connectivity index (χ4n) is 4.14. The van der Waals surface area contributed by atoms with Gasteiger partial charge in [0, 0.05) is 25.3 Å². The molecule has 0 spiro atoms. The van der Waals surface area contributed by atoms with Gasteiger partial charge in [0.25, 0.3) is 5.91 Å². The van der Waals surface area contributed by atoms with E-state index in [2.05, 4.69) is 26.3 Å². The average Bonchev–Trinajstić information content (AvgIpc) is 3.41. The fourth-order valence-corrected chi connectivity index (χ4v) is 4.14. The number of fused-ring (bicyclic) bond motifs is 1. The zero-order valence-electron chi connectivity index (χ0n) is 18.4. The Hall–Kier alpha value is -3.63. The van der Waals surface area contributed by atoms with Crippen LogP contribution in [0.4, 0.5) is 0 Å². The van der Waals surface area contributed by atoms with Gasteiger partial charge in [-0.2, -0.15) is 4.98 Å². The molecule has 0 saturated heterocycles. The van der Waals surface area contributed by atoms with E-state index in [1.807, 2.05) is 0 Å². The Morgan fingerprint density at radius 3 is 2.55 bits per heavy atom. The molecule has 2 aromatic rings. The van der Waals surface area contributed by atoms with Crippen molar-refractivity contribution in [2.45, 2.75) is 63.8 Å². The van der Waals surface area contributed by atoms with E-state index >= 15 is 0 Å². The van der Waals surface area contributed by atoms with Crippen LogP contribution in [0, 0.1) is 0 Å². The molecule has 3 amide bonds. The van der Waals surface area contributed by atoms with Crippen LogP contribution in [-0.2, 0) is 21.5 Å². The van der Waals surface area contributed by atoms with Crippen LogP contribution in [0.5, 0.6) is 11.5 Å². The summed E-state index contributed by atoms with van der Waals surface area (Å²) in [6.07, 6.45) is 5.88. The lowest BCUT2D eigenvalue weighted by Crippen LogP contribution is -2.45. The number of ether oxygens (including phenoxy) is 2. The minimum atomic E-state index is -0.634. The molecule has 1 saturated carbocycles. The third-order valence-electron chi connectivity index (χ3n) is 5.78. The van der Waals surface area contributed by atoms with Crippen molar-refractivity contribution < 1.29 is 28.4 Å². The highest BCUT2D eigenvalue weighted by molar-refractivity contribution is 5.96. The molecular formula is C22H27N5O6. The normalized spacial score (nSPS) is 16.5. The third kappa shape index (κ3) is 5.41. The number of hydrogen-bond acceptors (Lipinski definition) is 8. The molecule has 0 unspecified atom stereocenters. The number of aromatic nitrogens is 2. The van der Waals surface area contributed by atoms with Gasteiger partial charge in [-0.1, -0.05) is 30.8 Å². The predicted octanol–water partition coefficient (Wildman–Crippen LogP) is 1.88. The van der Waals surface area contributed by atoms with Gasteiger partial charge in [0.05, 0.1) is 0 Å². The van der Waals surface area contributed by atoms with Crippen molar-refractivity contribution in [2.75, 3.05) is 6.79 Å². The van der Waals surface area contributed by atoms with Crippen molar-refractivity contribution >= 4 is 17.7 Å². The van der Waals surface area contributed by atoms with Gasteiger partial charge in [0.1, 0.15) is 5.54 Å². The monoisotopic (exact) mass is 457 g/mol. The summed E-state index contributed by atoms with van der Waals surface area (Å²) in [4.78, 5) is 40.7. The Bertz CT molecular complexity index is 1030. The summed E-state index contributed by atoms with van der Waals surface area (Å²) in [6, 6.07) is 4.75. The molecule has 1 fully saturated rings. The predicted molar refractivity (Wildman–Crippen MR) is 114 cm³/mol. The van der Waals surface area contributed by atoms with Crippen LogP contribution in [-0.4, -0.2) is 34.7 Å². The second-order valence-electron chi connectivity index (χ2n) is 8.26. The van der Waals surface area contributed by atoms with Gasteiger partial charge in [-0.3, -0.25) is 25.2 Å². The number of nitrogens with one attached hydrogen (secondary N) is 3. The molecule has 1 aliphatic carbocycles. The molecule has 4 rings (SSSR count). The summed E-state index contributed by atoms with van der Waals surface area (Å²) in [5, 5.41) is 7.13. The zero-order valence-corrected chi connectivity index (χ0v) is 18.4. The molecule has 1 aliphatic heterocycles. The molecule has 2 heterocycles. The van der Waals surface area contributed by atoms with Gasteiger partial charge >= 0.3 is 0 Å². The van der Waals surface area contributed by atoms with Crippen molar-refractivity contribution in [3.63, 3.8) is 0 Å². The number of carbonyl (C=O) groups is 3. The number of hydrogen-bond donors (Lipinski definition) is 3. The van der Waals surface area contributed by atoms with Gasteiger partial charge in [-0.25, -0.2) is 0 Å². The third-order valence-corrected chi connectivity index (χ3v) is 5.78. The lowest BCUT2D eigenvalue weighted by atomic mass is 9.89. The summed E-state index contributed by atoms with van der Waals surface area (Å²) in [7, 11) is 0. The van der Waals surface area contributed by atoms with Gasteiger partial charge < -0.3 is 19.3 Å². The molecule has 0 bridgehead atoms. The summed E-state index contributed by atoms with van der Waals surface area (Å²) < 4.78 is 15.8. The summed E-state index contributed by atoms with van der Waals surface area (Å²) >= 11 is 0. The smallest absolute Gasteiger partial charge is 0.269 e. The maximum atomic E-state index is 12.3. The average molecular weight is 457 g/mol. The van der Waals surface area contributed by atoms with Crippen LogP contribution >= 0.6 is 0 Å². The molecule has 1 aromatic carbocycles. The first-order chi connectivity index (χ1) is 15.9. The van der Waals surface area contributed by atoms with Crippen LogP contribution in [0.3, 0.4) is 0 Å². The molecule has 11 nitrogen and oxygen atoms in total. The molecular weight excluding hydrogens is 430 g/mol. The highest BCUT2D eigenvalue weighted by atomic mass is 16.7. The van der Waals surface area contributed by atoms with Crippen LogP contribution in [0.25, 0.3) is 0 Å². The Labute approximate surface area is 190 Å². The second-order valence-corrected chi connectivity index (χ2v) is 8.26. The van der Waals surface area contributed by atoms with Crippen LogP contribution in [0.15, 0.2) is 22.7 Å². The van der Waals surface area contributed by atoms with E-state index in [1.54, 1.807) is 18.2 Å². The summed E-state index contributed by atoms with van der Waals surface area (Å²) in [5.74, 6) is 0.774. The van der Waals surface area contributed by atoms with Crippen molar-refractivity contribution in [1.29, 1.82) is 0 Å². The first-order valence-corrected chi connectivity index (χ1v) is 11.1. The molecule has 1 aromatic heterocycles. The zero-order chi connectivity index (χ0) is 23.3. The minimum absolute atomic E-state index is 0.0379. The number of amides is 3. The number of nitrogens with zero attached hydrogens (tertiary/aromatic N) is 2. The molecule has 33 heavy (non-hydrogen) atoms. The van der Waals surface area contributed by atoms with Crippen molar-refractivity contribution in [3.05, 3.63) is 35.5 Å². The second kappa shape index (κ2) is 9.88. The number of benzene rings is 1. The van der Waals surface area contributed by atoms with E-state index in [4.69, 9.17) is 14.0 Å². The van der Waals surface area contributed by atoms with E-state index in [0.29, 0.717) is 28.8 Å².